The molecule has 0 heterocycles. The summed E-state index contributed by atoms with van der Waals surface area (Å²) in [5.74, 6) is 0. The minimum atomic E-state index is -4.38. The first kappa shape index (κ1) is 15.3. The Morgan fingerprint density at radius 1 is 0.952 bits per heavy atom. The second-order valence-corrected chi connectivity index (χ2v) is 4.70. The van der Waals surface area contributed by atoms with Crippen molar-refractivity contribution in [2.75, 3.05) is 0 Å². The van der Waals surface area contributed by atoms with E-state index in [9.17, 15) is 18.0 Å². The summed E-state index contributed by atoms with van der Waals surface area (Å²) >= 11 is 6.02. The van der Waals surface area contributed by atoms with Gasteiger partial charge < -0.3 is 0 Å². The van der Waals surface area contributed by atoms with Crippen LogP contribution in [0.2, 0.25) is 5.02 Å². The molecule has 0 spiro atoms. The third kappa shape index (κ3) is 3.73. The maximum Gasteiger partial charge on any atom is 0.416 e. The Balaban J connectivity index is 2.32. The molecule has 0 aromatic heterocycles. The van der Waals surface area contributed by atoms with Crippen LogP contribution in [0.1, 0.15) is 27.0 Å². The van der Waals surface area contributed by atoms with Crippen LogP contribution < -0.4 is 0 Å². The van der Waals surface area contributed by atoms with Crippen LogP contribution in [0.15, 0.2) is 42.5 Å². The predicted molar refractivity (Wildman–Crippen MR) is 77.2 cm³/mol. The lowest BCUT2D eigenvalue weighted by molar-refractivity contribution is -0.137. The minimum Gasteiger partial charge on any atom is -0.298 e. The van der Waals surface area contributed by atoms with E-state index in [0.29, 0.717) is 23.0 Å². The van der Waals surface area contributed by atoms with Gasteiger partial charge in [-0.25, -0.2) is 0 Å². The van der Waals surface area contributed by atoms with E-state index in [-0.39, 0.29) is 5.02 Å². The van der Waals surface area contributed by atoms with Gasteiger partial charge >= 0.3 is 6.18 Å². The van der Waals surface area contributed by atoms with E-state index in [0.717, 1.165) is 12.1 Å². The average Bonchev–Trinajstić information content (AvgIpc) is 2.45. The smallest absolute Gasteiger partial charge is 0.298 e. The Kier molecular flexibility index (Phi) is 4.48. The molecule has 21 heavy (non-hydrogen) atoms. The molecule has 108 valence electrons. The highest BCUT2D eigenvalue weighted by Crippen LogP contribution is 2.30. The van der Waals surface area contributed by atoms with Gasteiger partial charge in [0.15, 0.2) is 6.29 Å². The van der Waals surface area contributed by atoms with Gasteiger partial charge in [-0.15, -0.1) is 0 Å². The fraction of sp³-hybridized carbons (Fsp3) is 0.0625. The summed E-state index contributed by atoms with van der Waals surface area (Å²) in [5.41, 5.74) is 0.594. The van der Waals surface area contributed by atoms with Crippen molar-refractivity contribution in [3.63, 3.8) is 0 Å². The van der Waals surface area contributed by atoms with Crippen molar-refractivity contribution in [2.24, 2.45) is 0 Å². The molecule has 2 aromatic carbocycles. The first-order chi connectivity index (χ1) is 9.91. The van der Waals surface area contributed by atoms with Gasteiger partial charge in [0.2, 0.25) is 0 Å². The zero-order valence-electron chi connectivity index (χ0n) is 10.7. The molecule has 0 radical (unpaired) electrons. The molecule has 5 heteroatoms. The molecule has 0 unspecified atom stereocenters. The molecule has 2 aromatic rings. The lowest BCUT2D eigenvalue weighted by Crippen LogP contribution is -2.04. The van der Waals surface area contributed by atoms with Crippen molar-refractivity contribution >= 4 is 30.0 Å². The molecule has 0 fully saturated rings. The number of alkyl halides is 3. The van der Waals surface area contributed by atoms with Crippen LogP contribution in [-0.2, 0) is 6.18 Å². The summed E-state index contributed by atoms with van der Waals surface area (Å²) in [6, 6.07) is 9.86. The van der Waals surface area contributed by atoms with Crippen molar-refractivity contribution in [3.05, 3.63) is 69.7 Å². The Hall–Kier alpha value is -2.07. The molecule has 0 bridgehead atoms. The highest BCUT2D eigenvalue weighted by Gasteiger charge is 2.30. The molecule has 0 amide bonds. The van der Waals surface area contributed by atoms with Gasteiger partial charge in [-0.05, 0) is 23.3 Å². The summed E-state index contributed by atoms with van der Waals surface area (Å²) in [6.45, 7) is 0. The van der Waals surface area contributed by atoms with E-state index in [1.54, 1.807) is 30.3 Å². The molecule has 0 atom stereocenters. The molecule has 2 rings (SSSR count). The van der Waals surface area contributed by atoms with Crippen LogP contribution in [0.3, 0.4) is 0 Å². The molecule has 1 nitrogen and oxygen atoms in total. The second kappa shape index (κ2) is 6.14. The van der Waals surface area contributed by atoms with Crippen molar-refractivity contribution in [3.8, 4) is 0 Å². The number of benzene rings is 2. The first-order valence-electron chi connectivity index (χ1n) is 6.01. The first-order valence-corrected chi connectivity index (χ1v) is 6.38. The van der Waals surface area contributed by atoms with Crippen molar-refractivity contribution in [2.45, 2.75) is 6.18 Å². The van der Waals surface area contributed by atoms with Gasteiger partial charge in [0, 0.05) is 5.56 Å². The summed E-state index contributed by atoms with van der Waals surface area (Å²) < 4.78 is 37.8. The SMILES string of the molecule is O=Cc1cccc(/C=C/c2cccc(C(F)(F)F)c2)c1Cl. The van der Waals surface area contributed by atoms with Crippen molar-refractivity contribution < 1.29 is 18.0 Å². The average molecular weight is 311 g/mol. The van der Waals surface area contributed by atoms with Gasteiger partial charge in [0.25, 0.3) is 0 Å². The maximum atomic E-state index is 12.6. The lowest BCUT2D eigenvalue weighted by Gasteiger charge is -2.06. The van der Waals surface area contributed by atoms with E-state index in [4.69, 9.17) is 11.6 Å². The molecule has 0 aliphatic heterocycles. The van der Waals surface area contributed by atoms with Gasteiger partial charge in [0.05, 0.1) is 10.6 Å². The van der Waals surface area contributed by atoms with Crippen LogP contribution in [0.4, 0.5) is 13.2 Å². The number of halogens is 4. The molecular formula is C16H10ClF3O. The van der Waals surface area contributed by atoms with Crippen molar-refractivity contribution in [1.82, 2.24) is 0 Å². The van der Waals surface area contributed by atoms with Gasteiger partial charge in [0.1, 0.15) is 0 Å². The number of aldehydes is 1. The Morgan fingerprint density at radius 3 is 2.29 bits per heavy atom. The van der Waals surface area contributed by atoms with Crippen LogP contribution >= 0.6 is 11.6 Å². The quantitative estimate of drug-likeness (QED) is 0.552. The van der Waals surface area contributed by atoms with E-state index in [2.05, 4.69) is 0 Å². The fourth-order valence-corrected chi connectivity index (χ4v) is 2.03. The fourth-order valence-electron chi connectivity index (χ4n) is 1.79. The number of rotatable bonds is 3. The molecule has 0 saturated heterocycles. The third-order valence-electron chi connectivity index (χ3n) is 2.85. The zero-order chi connectivity index (χ0) is 15.5. The summed E-state index contributed by atoms with van der Waals surface area (Å²) in [7, 11) is 0. The summed E-state index contributed by atoms with van der Waals surface area (Å²) in [6.07, 6.45) is -0.654. The standard InChI is InChI=1S/C16H10ClF3O/c17-15-12(4-2-5-13(15)10-21)8-7-11-3-1-6-14(9-11)16(18,19)20/h1-10H/b8-7+. The van der Waals surface area contributed by atoms with Gasteiger partial charge in [-0.3, -0.25) is 4.79 Å². The maximum absolute atomic E-state index is 12.6. The molecule has 0 N–H and O–H groups in total. The predicted octanol–water partition coefficient (Wildman–Crippen LogP) is 5.34. The largest absolute Gasteiger partial charge is 0.416 e. The number of carbonyl (C=O) groups excluding carboxylic acids is 1. The molecular weight excluding hydrogens is 301 g/mol. The Bertz CT molecular complexity index is 690. The third-order valence-corrected chi connectivity index (χ3v) is 3.29. The highest BCUT2D eigenvalue weighted by atomic mass is 35.5. The highest BCUT2D eigenvalue weighted by molar-refractivity contribution is 6.34. The molecule has 0 aliphatic carbocycles. The normalized spacial score (nSPS) is 11.8. The second-order valence-electron chi connectivity index (χ2n) is 4.32. The minimum absolute atomic E-state index is 0.274. The molecule has 0 aliphatic rings. The number of hydrogen-bond donors (Lipinski definition) is 0. The monoisotopic (exact) mass is 310 g/mol. The van der Waals surface area contributed by atoms with E-state index in [1.807, 2.05) is 0 Å². The summed E-state index contributed by atoms with van der Waals surface area (Å²) in [5, 5.41) is 0.274. The topological polar surface area (TPSA) is 17.1 Å². The van der Waals surface area contributed by atoms with Crippen LogP contribution in [0.25, 0.3) is 12.2 Å². The Labute approximate surface area is 124 Å². The van der Waals surface area contributed by atoms with Gasteiger partial charge in [-0.1, -0.05) is 54.1 Å². The van der Waals surface area contributed by atoms with E-state index >= 15 is 0 Å². The van der Waals surface area contributed by atoms with E-state index < -0.39 is 11.7 Å². The zero-order valence-corrected chi connectivity index (χ0v) is 11.4. The van der Waals surface area contributed by atoms with E-state index in [1.165, 1.54) is 12.1 Å². The lowest BCUT2D eigenvalue weighted by atomic mass is 10.1. The van der Waals surface area contributed by atoms with Gasteiger partial charge in [-0.2, -0.15) is 13.2 Å². The Morgan fingerprint density at radius 2 is 1.62 bits per heavy atom. The number of hydrogen-bond acceptors (Lipinski definition) is 1. The number of carbonyl (C=O) groups is 1. The van der Waals surface area contributed by atoms with Crippen molar-refractivity contribution in [1.29, 1.82) is 0 Å². The van der Waals surface area contributed by atoms with Crippen LogP contribution in [-0.4, -0.2) is 6.29 Å². The summed E-state index contributed by atoms with van der Waals surface area (Å²) in [4.78, 5) is 10.8. The molecule has 0 saturated carbocycles. The van der Waals surface area contributed by atoms with Crippen LogP contribution in [0.5, 0.6) is 0 Å². The van der Waals surface area contributed by atoms with Crippen LogP contribution in [0, 0.1) is 0 Å².